The van der Waals surface area contributed by atoms with E-state index in [0.717, 1.165) is 15.4 Å². The van der Waals surface area contributed by atoms with E-state index < -0.39 is 28.5 Å². The van der Waals surface area contributed by atoms with Crippen molar-refractivity contribution >= 4 is 50.7 Å². The minimum absolute atomic E-state index is 0.0554. The lowest BCUT2D eigenvalue weighted by atomic mass is 10.1. The molecule has 0 aliphatic rings. The number of hydrogen-bond donors (Lipinski definition) is 1. The third-order valence-corrected chi connectivity index (χ3v) is 9.13. The molecule has 0 aliphatic carbocycles. The second-order valence-electron chi connectivity index (χ2n) is 10.4. The van der Waals surface area contributed by atoms with Crippen molar-refractivity contribution < 1.29 is 18.0 Å². The van der Waals surface area contributed by atoms with Crippen LogP contribution in [-0.2, 0) is 26.2 Å². The summed E-state index contributed by atoms with van der Waals surface area (Å²) in [6.07, 6.45) is 0.299. The van der Waals surface area contributed by atoms with Crippen LogP contribution in [0.5, 0.6) is 0 Å². The van der Waals surface area contributed by atoms with Gasteiger partial charge in [0.2, 0.25) is 11.8 Å². The highest BCUT2D eigenvalue weighted by Crippen LogP contribution is 2.29. The topological polar surface area (TPSA) is 86.8 Å². The number of carbonyl (C=O) groups excluding carboxylic acids is 2. The maximum Gasteiger partial charge on any atom is 0.264 e. The smallest absolute Gasteiger partial charge is 0.264 e. The van der Waals surface area contributed by atoms with Gasteiger partial charge >= 0.3 is 0 Å². The van der Waals surface area contributed by atoms with Gasteiger partial charge in [0.25, 0.3) is 10.0 Å². The number of carbonyl (C=O) groups is 2. The summed E-state index contributed by atoms with van der Waals surface area (Å²) in [5, 5.41) is 3.59. The normalized spacial score (nSPS) is 12.2. The van der Waals surface area contributed by atoms with Crippen LogP contribution in [0.15, 0.2) is 71.6 Å². The molecular weight excluding hydrogens is 581 g/mol. The fourth-order valence-corrected chi connectivity index (χ4v) is 6.27. The largest absolute Gasteiger partial charge is 0.354 e. The van der Waals surface area contributed by atoms with E-state index in [0.29, 0.717) is 34.3 Å². The Morgan fingerprint density at radius 1 is 0.902 bits per heavy atom. The highest BCUT2D eigenvalue weighted by atomic mass is 35.5. The molecule has 0 saturated heterocycles. The zero-order chi connectivity index (χ0) is 30.3. The molecule has 0 spiro atoms. The second kappa shape index (κ2) is 14.2. The van der Waals surface area contributed by atoms with Gasteiger partial charge in [-0.1, -0.05) is 79.9 Å². The lowest BCUT2D eigenvalue weighted by Gasteiger charge is -2.33. The van der Waals surface area contributed by atoms with Crippen LogP contribution in [0.2, 0.25) is 10.0 Å². The van der Waals surface area contributed by atoms with Gasteiger partial charge in [-0.2, -0.15) is 0 Å². The highest BCUT2D eigenvalue weighted by Gasteiger charge is 2.34. The van der Waals surface area contributed by atoms with E-state index in [1.165, 1.54) is 17.0 Å². The first kappa shape index (κ1) is 32.4. The van der Waals surface area contributed by atoms with Crippen LogP contribution < -0.4 is 9.62 Å². The minimum Gasteiger partial charge on any atom is -0.354 e. The van der Waals surface area contributed by atoms with Crippen LogP contribution in [0.25, 0.3) is 0 Å². The summed E-state index contributed by atoms with van der Waals surface area (Å²) in [5.74, 6) is -0.693. The number of nitrogens with one attached hydrogen (secondary N) is 1. The van der Waals surface area contributed by atoms with Crippen LogP contribution in [0.1, 0.15) is 43.9 Å². The molecule has 3 aromatic carbocycles. The van der Waals surface area contributed by atoms with Gasteiger partial charge in [0, 0.05) is 28.7 Å². The Balaban J connectivity index is 2.09. The Hall–Kier alpha value is -3.07. The monoisotopic (exact) mass is 617 g/mol. The molecule has 0 aliphatic heterocycles. The van der Waals surface area contributed by atoms with E-state index in [9.17, 15) is 18.0 Å². The highest BCUT2D eigenvalue weighted by molar-refractivity contribution is 7.92. The number of nitrogens with zero attached hydrogens (tertiary/aromatic N) is 2. The van der Waals surface area contributed by atoms with E-state index in [-0.39, 0.29) is 23.3 Å². The van der Waals surface area contributed by atoms with Gasteiger partial charge in [-0.15, -0.1) is 0 Å². The maximum atomic E-state index is 14.2. The van der Waals surface area contributed by atoms with Crippen molar-refractivity contribution in [2.75, 3.05) is 17.4 Å². The first-order valence-corrected chi connectivity index (χ1v) is 15.7. The summed E-state index contributed by atoms with van der Waals surface area (Å²) in [7, 11) is -4.15. The molecule has 2 amide bonds. The molecular formula is C31H37Cl2N3O4S. The molecule has 0 fully saturated rings. The molecule has 10 heteroatoms. The molecule has 220 valence electrons. The molecule has 0 heterocycles. The summed E-state index contributed by atoms with van der Waals surface area (Å²) < 4.78 is 29.0. The average Bonchev–Trinajstić information content (AvgIpc) is 2.92. The minimum atomic E-state index is -4.15. The van der Waals surface area contributed by atoms with Gasteiger partial charge in [0.05, 0.1) is 10.6 Å². The zero-order valence-electron chi connectivity index (χ0n) is 24.0. The molecule has 0 aromatic heterocycles. The maximum absolute atomic E-state index is 14.2. The van der Waals surface area contributed by atoms with Crippen LogP contribution in [0, 0.1) is 19.8 Å². The predicted octanol–water partition coefficient (Wildman–Crippen LogP) is 6.39. The molecule has 3 aromatic rings. The molecule has 0 radical (unpaired) electrons. The molecule has 7 nitrogen and oxygen atoms in total. The van der Waals surface area contributed by atoms with Gasteiger partial charge < -0.3 is 10.2 Å². The Morgan fingerprint density at radius 2 is 1.51 bits per heavy atom. The Kier molecular flexibility index (Phi) is 11.2. The van der Waals surface area contributed by atoms with Gasteiger partial charge in [0.15, 0.2) is 0 Å². The number of sulfonamides is 1. The number of benzene rings is 3. The Morgan fingerprint density at radius 3 is 2.07 bits per heavy atom. The van der Waals surface area contributed by atoms with Crippen LogP contribution >= 0.6 is 23.2 Å². The number of hydrogen-bond acceptors (Lipinski definition) is 4. The Labute approximate surface area is 253 Å². The summed E-state index contributed by atoms with van der Waals surface area (Å²) in [6.45, 7) is 9.29. The fraction of sp³-hybridized carbons (Fsp3) is 0.355. The van der Waals surface area contributed by atoms with Crippen LogP contribution in [-0.4, -0.2) is 44.3 Å². The van der Waals surface area contributed by atoms with Crippen molar-refractivity contribution in [1.29, 1.82) is 0 Å². The van der Waals surface area contributed by atoms with Crippen molar-refractivity contribution in [3.63, 3.8) is 0 Å². The number of halogens is 2. The van der Waals surface area contributed by atoms with Crippen molar-refractivity contribution in [2.24, 2.45) is 5.92 Å². The summed E-state index contributed by atoms with van der Waals surface area (Å²) in [6, 6.07) is 17.5. The number of rotatable bonds is 12. The van der Waals surface area contributed by atoms with E-state index in [2.05, 4.69) is 5.32 Å². The second-order valence-corrected chi connectivity index (χ2v) is 13.1. The van der Waals surface area contributed by atoms with Crippen molar-refractivity contribution in [1.82, 2.24) is 10.2 Å². The number of anilines is 1. The Bertz CT molecular complexity index is 1460. The first-order chi connectivity index (χ1) is 19.3. The van der Waals surface area contributed by atoms with Crippen molar-refractivity contribution in [3.8, 4) is 0 Å². The molecule has 41 heavy (non-hydrogen) atoms. The SMILES string of the molecule is CC[C@H](C(=O)NCC(C)C)N(Cc1c(Cl)cccc1Cl)C(=O)CN(c1cccc(C)c1)S(=O)(=O)c1ccc(C)cc1. The van der Waals surface area contributed by atoms with E-state index in [1.54, 1.807) is 55.5 Å². The molecule has 3 rings (SSSR count). The number of amides is 2. The third-order valence-electron chi connectivity index (χ3n) is 6.64. The predicted molar refractivity (Wildman–Crippen MR) is 166 cm³/mol. The molecule has 0 unspecified atom stereocenters. The van der Waals surface area contributed by atoms with Gasteiger partial charge in [-0.3, -0.25) is 13.9 Å². The van der Waals surface area contributed by atoms with Gasteiger partial charge in [-0.25, -0.2) is 8.42 Å². The van der Waals surface area contributed by atoms with Crippen LogP contribution in [0.4, 0.5) is 5.69 Å². The third kappa shape index (κ3) is 8.24. The van der Waals surface area contributed by atoms with Crippen molar-refractivity contribution in [2.45, 2.75) is 58.5 Å². The lowest BCUT2D eigenvalue weighted by molar-refractivity contribution is -0.140. The van der Waals surface area contributed by atoms with Crippen LogP contribution in [0.3, 0.4) is 0 Å². The summed E-state index contributed by atoms with van der Waals surface area (Å²) in [4.78, 5) is 28.9. The zero-order valence-corrected chi connectivity index (χ0v) is 26.4. The molecule has 0 bridgehead atoms. The lowest BCUT2D eigenvalue weighted by Crippen LogP contribution is -2.52. The van der Waals surface area contributed by atoms with Crippen molar-refractivity contribution in [3.05, 3.63) is 93.5 Å². The first-order valence-electron chi connectivity index (χ1n) is 13.5. The quantitative estimate of drug-likeness (QED) is 0.255. The van der Waals surface area contributed by atoms with Gasteiger partial charge in [-0.05, 0) is 68.1 Å². The van der Waals surface area contributed by atoms with E-state index in [4.69, 9.17) is 23.2 Å². The fourth-order valence-electron chi connectivity index (χ4n) is 4.35. The van der Waals surface area contributed by atoms with E-state index in [1.807, 2.05) is 33.8 Å². The number of aryl methyl sites for hydroxylation is 2. The summed E-state index contributed by atoms with van der Waals surface area (Å²) >= 11 is 12.9. The average molecular weight is 619 g/mol. The molecule has 1 atom stereocenters. The standard InChI is InChI=1S/C31H37Cl2N3O4S/c1-6-29(31(38)34-18-21(2)3)35(19-26-27(32)11-8-12-28(26)33)30(37)20-36(24-10-7-9-23(5)17-24)41(39,40)25-15-13-22(4)14-16-25/h7-17,21,29H,6,18-20H2,1-5H3,(H,34,38)/t29-/m1/s1. The van der Waals surface area contributed by atoms with E-state index >= 15 is 0 Å². The van der Waals surface area contributed by atoms with Gasteiger partial charge in [0.1, 0.15) is 12.6 Å². The summed E-state index contributed by atoms with van der Waals surface area (Å²) in [5.41, 5.74) is 2.55. The molecule has 1 N–H and O–H groups in total. The molecule has 0 saturated carbocycles.